The summed E-state index contributed by atoms with van der Waals surface area (Å²) in [7, 11) is 3.68. The van der Waals surface area contributed by atoms with Crippen molar-refractivity contribution in [2.45, 2.75) is 19.3 Å². The van der Waals surface area contributed by atoms with Crippen LogP contribution in [0, 0.1) is 5.92 Å². The molecule has 2 heterocycles. The third kappa shape index (κ3) is 5.95. The molecule has 1 saturated heterocycles. The maximum atomic E-state index is 11.4. The molecule has 0 bridgehead atoms. The van der Waals surface area contributed by atoms with Crippen LogP contribution >= 0.6 is 0 Å². The monoisotopic (exact) mass is 440 g/mol. The van der Waals surface area contributed by atoms with Crippen LogP contribution in [-0.4, -0.2) is 61.4 Å². The zero-order valence-electron chi connectivity index (χ0n) is 18.8. The third-order valence-corrected chi connectivity index (χ3v) is 5.84. The fourth-order valence-corrected chi connectivity index (χ4v) is 3.86. The Morgan fingerprint density at radius 2 is 2.06 bits per heavy atom. The highest BCUT2D eigenvalue weighted by Gasteiger charge is 2.21. The molecule has 9 heteroatoms. The van der Waals surface area contributed by atoms with E-state index in [4.69, 9.17) is 9.94 Å². The van der Waals surface area contributed by atoms with Crippen LogP contribution in [0.4, 0.5) is 11.6 Å². The average Bonchev–Trinajstić information content (AvgIpc) is 2.86. The number of aromatic nitrogens is 2. The molecule has 3 rings (SSSR count). The first-order chi connectivity index (χ1) is 15.5. The van der Waals surface area contributed by atoms with Crippen LogP contribution < -0.4 is 25.3 Å². The Morgan fingerprint density at radius 1 is 1.34 bits per heavy atom. The number of amides is 1. The number of piperidine rings is 1. The fourth-order valence-electron chi connectivity index (χ4n) is 3.86. The lowest BCUT2D eigenvalue weighted by Gasteiger charge is -2.32. The highest BCUT2D eigenvalue weighted by Crippen LogP contribution is 2.25. The predicted molar refractivity (Wildman–Crippen MR) is 124 cm³/mol. The maximum absolute atomic E-state index is 11.4. The number of hydrogen-bond donors (Lipinski definition) is 3. The first-order valence-electron chi connectivity index (χ1n) is 10.8. The van der Waals surface area contributed by atoms with Crippen LogP contribution in [0.15, 0.2) is 43.4 Å². The second-order valence-electron chi connectivity index (χ2n) is 7.89. The van der Waals surface area contributed by atoms with Crippen molar-refractivity contribution in [3.8, 4) is 5.75 Å². The lowest BCUT2D eigenvalue weighted by Crippen LogP contribution is -2.38. The molecule has 32 heavy (non-hydrogen) atoms. The van der Waals surface area contributed by atoms with Crippen molar-refractivity contribution in [1.82, 2.24) is 20.8 Å². The Kier molecular flexibility index (Phi) is 8.41. The minimum Gasteiger partial charge on any atom is -0.497 e. The number of ether oxygens (including phenoxy) is 1. The Bertz CT molecular complexity index is 897. The molecular weight excluding hydrogens is 408 g/mol. The molecule has 1 aliphatic heterocycles. The number of nitrogens with one attached hydrogen (secondary N) is 2. The van der Waals surface area contributed by atoms with Gasteiger partial charge in [-0.1, -0.05) is 6.58 Å². The molecule has 0 radical (unpaired) electrons. The number of anilines is 2. The number of rotatable bonds is 10. The summed E-state index contributed by atoms with van der Waals surface area (Å²) in [6.45, 7) is 7.48. The lowest BCUT2D eigenvalue weighted by molar-refractivity contribution is 0.0705. The molecule has 1 aromatic heterocycles. The predicted octanol–water partition coefficient (Wildman–Crippen LogP) is 2.23. The summed E-state index contributed by atoms with van der Waals surface area (Å²) in [5, 5.41) is 12.3. The largest absolute Gasteiger partial charge is 0.497 e. The minimum atomic E-state index is -0.612. The number of hydrogen-bond acceptors (Lipinski definition) is 8. The van der Waals surface area contributed by atoms with Crippen molar-refractivity contribution >= 4 is 17.5 Å². The summed E-state index contributed by atoms with van der Waals surface area (Å²) >= 11 is 0. The molecule has 0 saturated carbocycles. The number of carbonyl (C=O) groups excluding carboxylic acids is 1. The van der Waals surface area contributed by atoms with E-state index in [2.05, 4.69) is 38.9 Å². The van der Waals surface area contributed by atoms with Crippen molar-refractivity contribution in [1.29, 1.82) is 0 Å². The maximum Gasteiger partial charge on any atom is 0.277 e. The molecule has 172 valence electrons. The van der Waals surface area contributed by atoms with Gasteiger partial charge in [0.2, 0.25) is 5.95 Å². The van der Waals surface area contributed by atoms with Crippen molar-refractivity contribution in [2.24, 2.45) is 5.92 Å². The third-order valence-electron chi connectivity index (χ3n) is 5.84. The van der Waals surface area contributed by atoms with Gasteiger partial charge in [-0.15, -0.1) is 0 Å². The second-order valence-corrected chi connectivity index (χ2v) is 7.89. The molecular formula is C23H32N6O3. The standard InChI is InChI=1S/C23H32N6O3/c1-4-28(2)21-6-5-20(32-3)13-18(21)7-10-24-14-17-8-11-29(12-9-17)23-25-15-19(16-26-23)22(30)27-31/h4-6,13,15-17,24,31H,1,7-12,14H2,2-3H3,(H,27,30). The SMILES string of the molecule is C=CN(C)c1ccc(OC)cc1CCNCC1CCN(c2ncc(C(=O)NO)cn2)CC1. The van der Waals surface area contributed by atoms with Gasteiger partial charge in [-0.3, -0.25) is 10.0 Å². The lowest BCUT2D eigenvalue weighted by atomic mass is 9.97. The minimum absolute atomic E-state index is 0.230. The summed E-state index contributed by atoms with van der Waals surface area (Å²) in [4.78, 5) is 24.0. The van der Waals surface area contributed by atoms with Gasteiger partial charge in [0.1, 0.15) is 5.75 Å². The summed E-state index contributed by atoms with van der Waals surface area (Å²) in [5.74, 6) is 1.47. The first kappa shape index (κ1) is 23.5. The van der Waals surface area contributed by atoms with E-state index in [-0.39, 0.29) is 5.56 Å². The highest BCUT2D eigenvalue weighted by molar-refractivity contribution is 5.92. The van der Waals surface area contributed by atoms with Gasteiger partial charge in [-0.2, -0.15) is 0 Å². The Hall–Kier alpha value is -3.17. The quantitative estimate of drug-likeness (QED) is 0.294. The van der Waals surface area contributed by atoms with Gasteiger partial charge in [0.15, 0.2) is 0 Å². The van der Waals surface area contributed by atoms with E-state index in [1.54, 1.807) is 12.6 Å². The number of carbonyl (C=O) groups is 1. The molecule has 1 amide bonds. The summed E-state index contributed by atoms with van der Waals surface area (Å²) in [6.07, 6.45) is 7.68. The van der Waals surface area contributed by atoms with E-state index < -0.39 is 5.91 Å². The van der Waals surface area contributed by atoms with E-state index >= 15 is 0 Å². The van der Waals surface area contributed by atoms with E-state index in [1.807, 2.05) is 24.2 Å². The van der Waals surface area contributed by atoms with E-state index in [1.165, 1.54) is 18.0 Å². The Labute approximate surface area is 189 Å². The molecule has 0 atom stereocenters. The zero-order chi connectivity index (χ0) is 22.9. The van der Waals surface area contributed by atoms with Crippen molar-refractivity contribution in [3.05, 3.63) is 54.5 Å². The molecule has 0 spiro atoms. The zero-order valence-corrected chi connectivity index (χ0v) is 18.8. The van der Waals surface area contributed by atoms with Crippen LogP contribution in [-0.2, 0) is 6.42 Å². The summed E-state index contributed by atoms with van der Waals surface area (Å²) < 4.78 is 5.38. The van der Waals surface area contributed by atoms with Crippen molar-refractivity contribution < 1.29 is 14.7 Å². The summed E-state index contributed by atoms with van der Waals surface area (Å²) in [5.41, 5.74) is 4.18. The number of nitrogens with zero attached hydrogens (tertiary/aromatic N) is 4. The van der Waals surface area contributed by atoms with Crippen LogP contribution in [0.1, 0.15) is 28.8 Å². The smallest absolute Gasteiger partial charge is 0.277 e. The van der Waals surface area contributed by atoms with Gasteiger partial charge < -0.3 is 19.9 Å². The van der Waals surface area contributed by atoms with Gasteiger partial charge in [-0.05, 0) is 68.2 Å². The molecule has 1 fully saturated rings. The normalized spacial score (nSPS) is 14.2. The van der Waals surface area contributed by atoms with Crippen LogP contribution in [0.25, 0.3) is 0 Å². The Balaban J connectivity index is 1.44. The highest BCUT2D eigenvalue weighted by atomic mass is 16.5. The van der Waals surface area contributed by atoms with E-state index in [0.29, 0.717) is 11.9 Å². The first-order valence-corrected chi connectivity index (χ1v) is 10.8. The molecule has 1 aromatic carbocycles. The van der Waals surface area contributed by atoms with E-state index in [9.17, 15) is 4.79 Å². The van der Waals surface area contributed by atoms with Crippen LogP contribution in [0.5, 0.6) is 5.75 Å². The van der Waals surface area contributed by atoms with E-state index in [0.717, 1.165) is 56.9 Å². The molecule has 0 unspecified atom stereocenters. The molecule has 1 aliphatic rings. The molecule has 0 aliphatic carbocycles. The van der Waals surface area contributed by atoms with Crippen LogP contribution in [0.2, 0.25) is 0 Å². The molecule has 9 nitrogen and oxygen atoms in total. The number of benzene rings is 1. The van der Waals surface area contributed by atoms with Gasteiger partial charge in [0.05, 0.1) is 12.7 Å². The van der Waals surface area contributed by atoms with Crippen molar-refractivity contribution in [2.75, 3.05) is 50.1 Å². The fraction of sp³-hybridized carbons (Fsp3) is 0.435. The van der Waals surface area contributed by atoms with Gasteiger partial charge in [0, 0.05) is 38.2 Å². The number of hydroxylamine groups is 1. The van der Waals surface area contributed by atoms with Crippen LogP contribution in [0.3, 0.4) is 0 Å². The second kappa shape index (κ2) is 11.4. The molecule has 2 aromatic rings. The topological polar surface area (TPSA) is 103 Å². The van der Waals surface area contributed by atoms with Gasteiger partial charge >= 0.3 is 0 Å². The summed E-state index contributed by atoms with van der Waals surface area (Å²) in [6, 6.07) is 6.13. The Morgan fingerprint density at radius 3 is 2.69 bits per heavy atom. The van der Waals surface area contributed by atoms with Gasteiger partial charge in [-0.25, -0.2) is 15.4 Å². The average molecular weight is 441 g/mol. The number of methoxy groups -OCH3 is 1. The molecule has 3 N–H and O–H groups in total. The van der Waals surface area contributed by atoms with Gasteiger partial charge in [0.25, 0.3) is 5.91 Å². The van der Waals surface area contributed by atoms with Crippen molar-refractivity contribution in [3.63, 3.8) is 0 Å².